The molecule has 1 aromatic heterocycles. The molecule has 0 atom stereocenters. The van der Waals surface area contributed by atoms with Gasteiger partial charge in [-0.25, -0.2) is 9.78 Å². The summed E-state index contributed by atoms with van der Waals surface area (Å²) in [6.07, 6.45) is 0.195. The van der Waals surface area contributed by atoms with Gasteiger partial charge in [0.15, 0.2) is 5.78 Å². The predicted molar refractivity (Wildman–Crippen MR) is 68.3 cm³/mol. The van der Waals surface area contributed by atoms with Gasteiger partial charge in [0.2, 0.25) is 0 Å². The Bertz CT molecular complexity index is 604. The number of thiazole rings is 1. The number of ketones is 1. The first-order valence-corrected chi connectivity index (χ1v) is 6.22. The first-order chi connectivity index (χ1) is 8.59. The lowest BCUT2D eigenvalue weighted by Gasteiger charge is -2.04. The molecule has 0 bridgehead atoms. The Balaban J connectivity index is 2.30. The van der Waals surface area contributed by atoms with E-state index in [4.69, 9.17) is 5.11 Å². The SMILES string of the molecule is Cc1ncsc1CC(=O)c1ccccc1C(=O)O. The Hall–Kier alpha value is -2.01. The summed E-state index contributed by atoms with van der Waals surface area (Å²) in [5.74, 6) is -1.28. The Kier molecular flexibility index (Phi) is 3.53. The molecule has 0 aliphatic rings. The van der Waals surface area contributed by atoms with Crippen molar-refractivity contribution in [2.75, 3.05) is 0 Å². The molecule has 2 aromatic rings. The van der Waals surface area contributed by atoms with Crippen molar-refractivity contribution in [2.45, 2.75) is 13.3 Å². The zero-order chi connectivity index (χ0) is 13.1. The summed E-state index contributed by atoms with van der Waals surface area (Å²) < 4.78 is 0. The van der Waals surface area contributed by atoms with Crippen molar-refractivity contribution in [1.29, 1.82) is 0 Å². The van der Waals surface area contributed by atoms with E-state index in [1.807, 2.05) is 6.92 Å². The lowest BCUT2D eigenvalue weighted by atomic mass is 10.0. The molecule has 2 rings (SSSR count). The number of Topliss-reactive ketones (excluding diaryl/α,β-unsaturated/α-hetero) is 1. The van der Waals surface area contributed by atoms with Crippen molar-refractivity contribution < 1.29 is 14.7 Å². The number of nitrogens with zero attached hydrogens (tertiary/aromatic N) is 1. The number of aromatic carboxylic acids is 1. The summed E-state index contributed by atoms with van der Waals surface area (Å²) in [6, 6.07) is 6.26. The van der Waals surface area contributed by atoms with Crippen molar-refractivity contribution in [3.63, 3.8) is 0 Å². The van der Waals surface area contributed by atoms with Crippen molar-refractivity contribution in [3.8, 4) is 0 Å². The van der Waals surface area contributed by atoms with Crippen LogP contribution in [-0.4, -0.2) is 21.8 Å². The molecule has 1 aromatic carbocycles. The second-order valence-corrected chi connectivity index (χ2v) is 4.75. The molecule has 1 heterocycles. The largest absolute Gasteiger partial charge is 0.478 e. The lowest BCUT2D eigenvalue weighted by Crippen LogP contribution is -2.10. The third kappa shape index (κ3) is 2.46. The summed E-state index contributed by atoms with van der Waals surface area (Å²) in [4.78, 5) is 28.1. The van der Waals surface area contributed by atoms with Crippen LogP contribution in [0.2, 0.25) is 0 Å². The minimum Gasteiger partial charge on any atom is -0.478 e. The number of hydrogen-bond acceptors (Lipinski definition) is 4. The van der Waals surface area contributed by atoms with Crippen LogP contribution in [0.3, 0.4) is 0 Å². The molecule has 5 heteroatoms. The maximum Gasteiger partial charge on any atom is 0.336 e. The van der Waals surface area contributed by atoms with Crippen molar-refractivity contribution in [2.24, 2.45) is 0 Å². The fourth-order valence-corrected chi connectivity index (χ4v) is 2.43. The summed E-state index contributed by atoms with van der Waals surface area (Å²) in [6.45, 7) is 1.84. The van der Waals surface area contributed by atoms with Crippen LogP contribution >= 0.6 is 11.3 Å². The Morgan fingerprint density at radius 3 is 2.50 bits per heavy atom. The maximum absolute atomic E-state index is 12.1. The van der Waals surface area contributed by atoms with Crippen LogP contribution in [0.4, 0.5) is 0 Å². The molecule has 0 fully saturated rings. The number of aryl methyl sites for hydroxylation is 1. The Morgan fingerprint density at radius 1 is 1.28 bits per heavy atom. The fourth-order valence-electron chi connectivity index (χ4n) is 1.65. The summed E-state index contributed by atoms with van der Waals surface area (Å²) in [5.41, 5.74) is 2.80. The third-order valence-corrected chi connectivity index (χ3v) is 3.56. The van der Waals surface area contributed by atoms with E-state index in [1.54, 1.807) is 23.7 Å². The summed E-state index contributed by atoms with van der Waals surface area (Å²) >= 11 is 1.41. The molecular formula is C13H11NO3S. The van der Waals surface area contributed by atoms with E-state index < -0.39 is 5.97 Å². The van der Waals surface area contributed by atoms with Gasteiger partial charge in [0.1, 0.15) is 0 Å². The van der Waals surface area contributed by atoms with Gasteiger partial charge in [-0.1, -0.05) is 18.2 Å². The second kappa shape index (κ2) is 5.10. The number of rotatable bonds is 4. The molecule has 0 spiro atoms. The summed E-state index contributed by atoms with van der Waals surface area (Å²) in [7, 11) is 0. The number of benzene rings is 1. The van der Waals surface area contributed by atoms with E-state index in [1.165, 1.54) is 17.4 Å². The first-order valence-electron chi connectivity index (χ1n) is 5.34. The highest BCUT2D eigenvalue weighted by atomic mass is 32.1. The molecule has 0 aliphatic heterocycles. The number of carboxylic acids is 1. The van der Waals surface area contributed by atoms with Gasteiger partial charge in [-0.2, -0.15) is 0 Å². The molecule has 92 valence electrons. The average molecular weight is 261 g/mol. The Labute approximate surface area is 108 Å². The number of hydrogen-bond donors (Lipinski definition) is 1. The van der Waals surface area contributed by atoms with Crippen molar-refractivity contribution in [3.05, 3.63) is 51.5 Å². The molecule has 0 saturated heterocycles. The molecule has 1 N–H and O–H groups in total. The van der Waals surface area contributed by atoms with E-state index in [0.29, 0.717) is 0 Å². The number of carbonyl (C=O) groups is 2. The van der Waals surface area contributed by atoms with E-state index in [2.05, 4.69) is 4.98 Å². The van der Waals surface area contributed by atoms with Crippen molar-refractivity contribution >= 4 is 23.1 Å². The number of carboxylic acid groups (broad SMARTS) is 1. The van der Waals surface area contributed by atoms with Gasteiger partial charge in [-0.05, 0) is 13.0 Å². The van der Waals surface area contributed by atoms with Crippen LogP contribution in [-0.2, 0) is 6.42 Å². The topological polar surface area (TPSA) is 67.3 Å². The molecule has 0 unspecified atom stereocenters. The maximum atomic E-state index is 12.1. The third-order valence-electron chi connectivity index (χ3n) is 2.62. The normalized spacial score (nSPS) is 10.3. The van der Waals surface area contributed by atoms with Gasteiger partial charge in [0.25, 0.3) is 0 Å². The van der Waals surface area contributed by atoms with Crippen molar-refractivity contribution in [1.82, 2.24) is 4.98 Å². The highest BCUT2D eigenvalue weighted by Gasteiger charge is 2.17. The fraction of sp³-hybridized carbons (Fsp3) is 0.154. The van der Waals surface area contributed by atoms with Gasteiger partial charge < -0.3 is 5.11 Å². The molecule has 0 radical (unpaired) electrons. The Morgan fingerprint density at radius 2 is 1.94 bits per heavy atom. The average Bonchev–Trinajstić information content (AvgIpc) is 2.75. The van der Waals surface area contributed by atoms with Crippen LogP contribution in [0.5, 0.6) is 0 Å². The predicted octanol–water partition coefficient (Wildman–Crippen LogP) is 2.58. The highest BCUT2D eigenvalue weighted by molar-refractivity contribution is 7.09. The second-order valence-electron chi connectivity index (χ2n) is 3.81. The van der Waals surface area contributed by atoms with Gasteiger partial charge in [-0.15, -0.1) is 11.3 Å². The van der Waals surface area contributed by atoms with Gasteiger partial charge in [-0.3, -0.25) is 4.79 Å². The van der Waals surface area contributed by atoms with Crippen LogP contribution < -0.4 is 0 Å². The zero-order valence-electron chi connectivity index (χ0n) is 9.71. The van der Waals surface area contributed by atoms with E-state index in [-0.39, 0.29) is 23.3 Å². The highest BCUT2D eigenvalue weighted by Crippen LogP contribution is 2.17. The van der Waals surface area contributed by atoms with Gasteiger partial charge >= 0.3 is 5.97 Å². The lowest BCUT2D eigenvalue weighted by molar-refractivity contribution is 0.0692. The van der Waals surface area contributed by atoms with E-state index in [0.717, 1.165) is 10.6 Å². The minimum atomic E-state index is -1.08. The minimum absolute atomic E-state index is 0.0460. The van der Waals surface area contributed by atoms with Crippen LogP contribution in [0.1, 0.15) is 31.3 Å². The van der Waals surface area contributed by atoms with Crippen LogP contribution in [0, 0.1) is 6.92 Å². The number of carbonyl (C=O) groups excluding carboxylic acids is 1. The molecule has 0 saturated carbocycles. The molecule has 4 nitrogen and oxygen atoms in total. The van der Waals surface area contributed by atoms with Gasteiger partial charge in [0, 0.05) is 16.9 Å². The van der Waals surface area contributed by atoms with Crippen LogP contribution in [0.25, 0.3) is 0 Å². The monoisotopic (exact) mass is 261 g/mol. The molecular weight excluding hydrogens is 250 g/mol. The summed E-state index contributed by atoms with van der Waals surface area (Å²) in [5, 5.41) is 9.03. The molecule has 0 amide bonds. The quantitative estimate of drug-likeness (QED) is 0.859. The van der Waals surface area contributed by atoms with E-state index >= 15 is 0 Å². The first kappa shape index (κ1) is 12.4. The zero-order valence-corrected chi connectivity index (χ0v) is 10.5. The van der Waals surface area contributed by atoms with Crippen LogP contribution in [0.15, 0.2) is 29.8 Å². The smallest absolute Gasteiger partial charge is 0.336 e. The van der Waals surface area contributed by atoms with E-state index in [9.17, 15) is 9.59 Å². The van der Waals surface area contributed by atoms with Gasteiger partial charge in [0.05, 0.1) is 16.8 Å². The molecule has 0 aliphatic carbocycles. The number of aromatic nitrogens is 1. The molecule has 18 heavy (non-hydrogen) atoms. The standard InChI is InChI=1S/C13H11NO3S/c1-8-12(18-7-14-8)6-11(15)9-4-2-3-5-10(9)13(16)17/h2-5,7H,6H2,1H3,(H,16,17).